The van der Waals surface area contributed by atoms with Crippen molar-refractivity contribution in [3.05, 3.63) is 60.2 Å². The quantitative estimate of drug-likeness (QED) is 0.434. The number of rotatable bonds is 6. The summed E-state index contributed by atoms with van der Waals surface area (Å²) in [5, 5.41) is 51.9. The first kappa shape index (κ1) is 23.0. The molecule has 0 radical (unpaired) electrons. The van der Waals surface area contributed by atoms with Gasteiger partial charge in [0.25, 0.3) is 0 Å². The minimum absolute atomic E-state index is 0.0279. The molecule has 4 rings (SSSR count). The highest BCUT2D eigenvalue weighted by Gasteiger charge is 2.56. The molecule has 0 amide bonds. The third kappa shape index (κ3) is 4.76. The van der Waals surface area contributed by atoms with Gasteiger partial charge >= 0.3 is 0 Å². The standard InChI is InChI=1S/C24H31NO7/c26-15-20-21(28)22(29)24(30,23(32-20)31-19-4-2-1-3-5-19)14-16-6-8-17(9-7-16)25-12-10-18(27)11-13-25/h1-9,18,20-23,26-30H,10-15H2/t20-,21-,22+,23-,24-/m1/s1. The monoisotopic (exact) mass is 445 g/mol. The van der Waals surface area contributed by atoms with Crippen LogP contribution in [0.4, 0.5) is 5.69 Å². The van der Waals surface area contributed by atoms with Crippen LogP contribution in [0.1, 0.15) is 18.4 Å². The summed E-state index contributed by atoms with van der Waals surface area (Å²) in [4.78, 5) is 2.20. The molecule has 0 saturated carbocycles. The number of piperidine rings is 1. The van der Waals surface area contributed by atoms with E-state index in [-0.39, 0.29) is 12.5 Å². The van der Waals surface area contributed by atoms with Gasteiger partial charge in [-0.05, 0) is 42.7 Å². The predicted molar refractivity (Wildman–Crippen MR) is 117 cm³/mol. The van der Waals surface area contributed by atoms with E-state index in [1.807, 2.05) is 30.3 Å². The van der Waals surface area contributed by atoms with Gasteiger partial charge in [0.2, 0.25) is 6.29 Å². The minimum Gasteiger partial charge on any atom is -0.462 e. The van der Waals surface area contributed by atoms with Crippen molar-refractivity contribution < 1.29 is 35.0 Å². The van der Waals surface area contributed by atoms with Gasteiger partial charge in [-0.1, -0.05) is 30.3 Å². The third-order valence-corrected chi connectivity index (χ3v) is 6.34. The summed E-state index contributed by atoms with van der Waals surface area (Å²) < 4.78 is 11.5. The number of aliphatic hydroxyl groups excluding tert-OH is 4. The van der Waals surface area contributed by atoms with Gasteiger partial charge in [-0.2, -0.15) is 0 Å². The van der Waals surface area contributed by atoms with Crippen LogP contribution in [0, 0.1) is 0 Å². The molecule has 0 spiro atoms. The molecule has 0 unspecified atom stereocenters. The van der Waals surface area contributed by atoms with Crippen molar-refractivity contribution >= 4 is 5.69 Å². The number of hydrogen-bond donors (Lipinski definition) is 5. The molecule has 2 aromatic carbocycles. The van der Waals surface area contributed by atoms with Crippen LogP contribution in [0.15, 0.2) is 54.6 Å². The number of hydrogen-bond acceptors (Lipinski definition) is 8. The Kier molecular flexibility index (Phi) is 6.99. The molecule has 0 aliphatic carbocycles. The lowest BCUT2D eigenvalue weighted by molar-refractivity contribution is -0.320. The maximum atomic E-state index is 11.5. The maximum Gasteiger partial charge on any atom is 0.232 e. The SMILES string of the molecule is OC[C@H]1O[C@@H](Oc2ccccc2)[C@@](O)(Cc2ccc(N3CCC(O)CC3)cc2)[C@@H](O)[C@@H]1O. The number of ether oxygens (including phenoxy) is 2. The lowest BCUT2D eigenvalue weighted by Gasteiger charge is -2.47. The molecular formula is C24H31NO7. The van der Waals surface area contributed by atoms with Gasteiger partial charge in [0, 0.05) is 25.2 Å². The second kappa shape index (κ2) is 9.74. The van der Waals surface area contributed by atoms with Crippen LogP contribution in [0.2, 0.25) is 0 Å². The van der Waals surface area contributed by atoms with Gasteiger partial charge in [0.05, 0.1) is 12.7 Å². The van der Waals surface area contributed by atoms with Gasteiger partial charge in [0.1, 0.15) is 24.1 Å². The van der Waals surface area contributed by atoms with Crippen molar-refractivity contribution in [2.24, 2.45) is 0 Å². The molecular weight excluding hydrogens is 414 g/mol. The van der Waals surface area contributed by atoms with E-state index in [0.29, 0.717) is 5.75 Å². The fourth-order valence-corrected chi connectivity index (χ4v) is 4.36. The second-order valence-corrected chi connectivity index (χ2v) is 8.61. The summed E-state index contributed by atoms with van der Waals surface area (Å²) in [6.45, 7) is 1.03. The number of nitrogens with zero attached hydrogens (tertiary/aromatic N) is 1. The van der Waals surface area contributed by atoms with Gasteiger partial charge in [-0.25, -0.2) is 0 Å². The van der Waals surface area contributed by atoms with Crippen LogP contribution < -0.4 is 9.64 Å². The zero-order chi connectivity index (χ0) is 22.7. The second-order valence-electron chi connectivity index (χ2n) is 8.61. The minimum atomic E-state index is -1.95. The summed E-state index contributed by atoms with van der Waals surface area (Å²) in [5.41, 5.74) is -0.199. The third-order valence-electron chi connectivity index (χ3n) is 6.34. The average Bonchev–Trinajstić information content (AvgIpc) is 2.81. The van der Waals surface area contributed by atoms with E-state index in [2.05, 4.69) is 4.90 Å². The molecule has 2 aliphatic rings. The lowest BCUT2D eigenvalue weighted by atomic mass is 9.81. The smallest absolute Gasteiger partial charge is 0.232 e. The molecule has 174 valence electrons. The number of para-hydroxylation sites is 1. The Morgan fingerprint density at radius 3 is 2.25 bits per heavy atom. The van der Waals surface area contributed by atoms with Crippen LogP contribution in [0.5, 0.6) is 5.75 Å². The molecule has 2 fully saturated rings. The molecule has 5 atom stereocenters. The van der Waals surface area contributed by atoms with Crippen molar-refractivity contribution in [3.8, 4) is 5.75 Å². The van der Waals surface area contributed by atoms with Crippen LogP contribution in [-0.2, 0) is 11.2 Å². The molecule has 5 N–H and O–H groups in total. The molecule has 2 aliphatic heterocycles. The zero-order valence-corrected chi connectivity index (χ0v) is 17.8. The van der Waals surface area contributed by atoms with E-state index in [4.69, 9.17) is 9.47 Å². The van der Waals surface area contributed by atoms with E-state index >= 15 is 0 Å². The summed E-state index contributed by atoms with van der Waals surface area (Å²) in [6.07, 6.45) is -4.27. The molecule has 8 nitrogen and oxygen atoms in total. The Hall–Kier alpha value is -2.20. The van der Waals surface area contributed by atoms with Gasteiger partial charge < -0.3 is 39.9 Å². The highest BCUT2D eigenvalue weighted by Crippen LogP contribution is 2.35. The van der Waals surface area contributed by atoms with Crippen molar-refractivity contribution in [2.45, 2.75) is 55.6 Å². The van der Waals surface area contributed by atoms with Crippen LogP contribution in [0.25, 0.3) is 0 Å². The van der Waals surface area contributed by atoms with Crippen molar-refractivity contribution in [1.29, 1.82) is 0 Å². The van der Waals surface area contributed by atoms with Gasteiger partial charge in [-0.3, -0.25) is 0 Å². The molecule has 32 heavy (non-hydrogen) atoms. The van der Waals surface area contributed by atoms with E-state index in [1.165, 1.54) is 0 Å². The Morgan fingerprint density at radius 1 is 0.969 bits per heavy atom. The Labute approximate surface area is 187 Å². The highest BCUT2D eigenvalue weighted by molar-refractivity contribution is 5.48. The Morgan fingerprint density at radius 2 is 1.62 bits per heavy atom. The average molecular weight is 446 g/mol. The van der Waals surface area contributed by atoms with E-state index in [9.17, 15) is 25.5 Å². The largest absolute Gasteiger partial charge is 0.462 e. The lowest BCUT2D eigenvalue weighted by Crippen LogP contribution is -2.68. The van der Waals surface area contributed by atoms with E-state index < -0.39 is 36.8 Å². The van der Waals surface area contributed by atoms with Crippen LogP contribution in [0.3, 0.4) is 0 Å². The van der Waals surface area contributed by atoms with Crippen molar-refractivity contribution in [1.82, 2.24) is 0 Å². The first-order valence-corrected chi connectivity index (χ1v) is 11.0. The van der Waals surface area contributed by atoms with Crippen molar-refractivity contribution in [2.75, 3.05) is 24.6 Å². The fraction of sp³-hybridized carbons (Fsp3) is 0.500. The first-order chi connectivity index (χ1) is 15.4. The molecule has 2 heterocycles. The fourth-order valence-electron chi connectivity index (χ4n) is 4.36. The molecule has 8 heteroatoms. The van der Waals surface area contributed by atoms with Crippen LogP contribution in [-0.4, -0.2) is 81.5 Å². The molecule has 0 bridgehead atoms. The summed E-state index contributed by atoms with van der Waals surface area (Å²) in [6, 6.07) is 16.3. The Bertz CT molecular complexity index is 856. The number of aliphatic hydroxyl groups is 5. The summed E-state index contributed by atoms with van der Waals surface area (Å²) >= 11 is 0. The first-order valence-electron chi connectivity index (χ1n) is 11.0. The number of benzene rings is 2. The normalized spacial score (nSPS) is 31.5. The van der Waals surface area contributed by atoms with Gasteiger partial charge in [0.15, 0.2) is 5.60 Å². The van der Waals surface area contributed by atoms with E-state index in [1.54, 1.807) is 24.3 Å². The maximum absolute atomic E-state index is 11.5. The zero-order valence-electron chi connectivity index (χ0n) is 17.8. The molecule has 2 saturated heterocycles. The summed E-state index contributed by atoms with van der Waals surface area (Å²) in [7, 11) is 0. The Balaban J connectivity index is 1.54. The van der Waals surface area contributed by atoms with E-state index in [0.717, 1.165) is 37.2 Å². The van der Waals surface area contributed by atoms with Gasteiger partial charge in [-0.15, -0.1) is 0 Å². The molecule has 0 aromatic heterocycles. The summed E-state index contributed by atoms with van der Waals surface area (Å²) in [5.74, 6) is 0.429. The predicted octanol–water partition coefficient (Wildman–Crippen LogP) is 0.439. The van der Waals surface area contributed by atoms with Crippen LogP contribution >= 0.6 is 0 Å². The topological polar surface area (TPSA) is 123 Å². The molecule has 2 aromatic rings. The van der Waals surface area contributed by atoms with Crippen molar-refractivity contribution in [3.63, 3.8) is 0 Å². The number of anilines is 1. The highest BCUT2D eigenvalue weighted by atomic mass is 16.7.